The fraction of sp³-hybridized carbons (Fsp3) is 0.784. The van der Waals surface area contributed by atoms with Crippen molar-refractivity contribution in [2.45, 2.75) is 238 Å². The topological polar surface area (TPSA) is 169 Å². The second-order valence-corrected chi connectivity index (χ2v) is 18.5. The minimum Gasteiger partial charge on any atom is -0.480 e. The van der Waals surface area contributed by atoms with Gasteiger partial charge in [-0.15, -0.1) is 0 Å². The van der Waals surface area contributed by atoms with Gasteiger partial charge in [0.2, 0.25) is 5.91 Å². The van der Waals surface area contributed by atoms with E-state index in [0.29, 0.717) is 19.3 Å². The summed E-state index contributed by atoms with van der Waals surface area (Å²) in [6.45, 7) is 2.56. The Hall–Kier alpha value is -2.56. The lowest BCUT2D eigenvalue weighted by atomic mass is 10.0. The van der Waals surface area contributed by atoms with Crippen LogP contribution in [0.15, 0.2) is 48.6 Å². The lowest BCUT2D eigenvalue weighted by Crippen LogP contribution is -2.43. The molecular weight excluding hydrogens is 818 g/mol. The van der Waals surface area contributed by atoms with Gasteiger partial charge in [0.15, 0.2) is 6.04 Å². The molecule has 0 aromatic rings. The van der Waals surface area contributed by atoms with Crippen LogP contribution in [0.4, 0.5) is 0 Å². The Kier molecular flexibility index (Phi) is 44.1. The van der Waals surface area contributed by atoms with Crippen LogP contribution in [0.1, 0.15) is 226 Å². The van der Waals surface area contributed by atoms with Crippen molar-refractivity contribution in [1.29, 1.82) is 0 Å². The summed E-state index contributed by atoms with van der Waals surface area (Å²) in [6, 6.07) is -1.58. The average molecular weight is 910 g/mol. The lowest BCUT2D eigenvalue weighted by molar-refractivity contribution is -0.147. The molecule has 0 heterocycles. The van der Waals surface area contributed by atoms with Crippen LogP contribution in [0.3, 0.4) is 0 Å². The number of hydrogen-bond donors (Lipinski definition) is 4. The molecule has 4 N–H and O–H groups in total. The first kappa shape index (κ1) is 60.4. The molecule has 3 atom stereocenters. The highest BCUT2D eigenvalue weighted by atomic mass is 31.2. The van der Waals surface area contributed by atoms with Crippen LogP contribution in [0, 0.1) is 0 Å². The van der Waals surface area contributed by atoms with Crippen molar-refractivity contribution < 1.29 is 47.8 Å². The van der Waals surface area contributed by atoms with E-state index in [2.05, 4.69) is 55.6 Å². The molecule has 0 rings (SSSR count). The van der Waals surface area contributed by atoms with Gasteiger partial charge in [0, 0.05) is 12.8 Å². The largest absolute Gasteiger partial charge is 0.480 e. The summed E-state index contributed by atoms with van der Waals surface area (Å²) in [5.41, 5.74) is 0. The van der Waals surface area contributed by atoms with Crippen LogP contribution >= 0.6 is 7.82 Å². The number of aliphatic carboxylic acids is 1. The highest BCUT2D eigenvalue weighted by Crippen LogP contribution is 2.43. The van der Waals surface area contributed by atoms with Gasteiger partial charge in [-0.2, -0.15) is 0 Å². The van der Waals surface area contributed by atoms with Crippen molar-refractivity contribution in [1.82, 2.24) is 5.32 Å². The molecule has 0 fully saturated rings. The maximum Gasteiger partial charge on any atom is 0.472 e. The number of ether oxygens (including phenoxy) is 1. The number of rotatable bonds is 47. The number of nitrogens with one attached hydrogen (secondary N) is 1. The Morgan fingerprint density at radius 1 is 0.508 bits per heavy atom. The molecule has 3 unspecified atom stereocenters. The summed E-state index contributed by atoms with van der Waals surface area (Å²) in [6.07, 6.45) is 52.9. The van der Waals surface area contributed by atoms with E-state index in [-0.39, 0.29) is 12.8 Å². The normalized spacial score (nSPS) is 14.0. The van der Waals surface area contributed by atoms with E-state index in [4.69, 9.17) is 13.8 Å². The molecule has 0 aromatic carbocycles. The van der Waals surface area contributed by atoms with Gasteiger partial charge in [-0.05, 0) is 51.4 Å². The molecule has 0 aliphatic rings. The molecular formula is C51H92NO10P. The molecule has 1 amide bonds. The number of esters is 1. The number of carboxylic acids is 1. The molecule has 0 spiro atoms. The van der Waals surface area contributed by atoms with Crippen LogP contribution in [0.5, 0.6) is 0 Å². The predicted octanol–water partition coefficient (Wildman–Crippen LogP) is 13.7. The van der Waals surface area contributed by atoms with E-state index in [9.17, 15) is 34.1 Å². The maximum absolute atomic E-state index is 12.3. The molecule has 366 valence electrons. The summed E-state index contributed by atoms with van der Waals surface area (Å²) in [7, 11) is -4.77. The summed E-state index contributed by atoms with van der Waals surface area (Å²) in [4.78, 5) is 46.0. The van der Waals surface area contributed by atoms with Gasteiger partial charge in [0.1, 0.15) is 12.7 Å². The van der Waals surface area contributed by atoms with E-state index in [1.807, 2.05) is 12.2 Å². The SMILES string of the molecule is CCCCC/C=C\C/C=C\C/C=C\C/C=C\CCCC(=O)NC(COP(=O)(O)OCC(O)COC(=O)CCCCCCCCCCCCCCCCCCCCCCCC)C(=O)O. The number of unbranched alkanes of at least 4 members (excludes halogenated alkanes) is 25. The van der Waals surface area contributed by atoms with Gasteiger partial charge >= 0.3 is 19.8 Å². The second-order valence-electron chi connectivity index (χ2n) is 17.0. The number of phosphoric ester groups is 1. The van der Waals surface area contributed by atoms with E-state index >= 15 is 0 Å². The number of carbonyl (C=O) groups is 3. The molecule has 12 heteroatoms. The highest BCUT2D eigenvalue weighted by molar-refractivity contribution is 7.47. The van der Waals surface area contributed by atoms with Crippen LogP contribution in [0.2, 0.25) is 0 Å². The smallest absolute Gasteiger partial charge is 0.472 e. The number of allylic oxidation sites excluding steroid dienone is 8. The van der Waals surface area contributed by atoms with Gasteiger partial charge in [0.25, 0.3) is 0 Å². The molecule has 0 aliphatic heterocycles. The van der Waals surface area contributed by atoms with Crippen molar-refractivity contribution in [3.63, 3.8) is 0 Å². The van der Waals surface area contributed by atoms with E-state index < -0.39 is 57.6 Å². The van der Waals surface area contributed by atoms with Gasteiger partial charge in [-0.1, -0.05) is 210 Å². The van der Waals surface area contributed by atoms with Crippen molar-refractivity contribution in [2.24, 2.45) is 0 Å². The monoisotopic (exact) mass is 910 g/mol. The highest BCUT2D eigenvalue weighted by Gasteiger charge is 2.28. The van der Waals surface area contributed by atoms with Crippen LogP contribution in [-0.4, -0.2) is 64.9 Å². The third-order valence-electron chi connectivity index (χ3n) is 10.9. The molecule has 0 saturated carbocycles. The van der Waals surface area contributed by atoms with E-state index in [0.717, 1.165) is 44.9 Å². The zero-order valence-electron chi connectivity index (χ0n) is 39.9. The van der Waals surface area contributed by atoms with Crippen LogP contribution < -0.4 is 5.32 Å². The van der Waals surface area contributed by atoms with Gasteiger partial charge in [-0.3, -0.25) is 18.6 Å². The zero-order chi connectivity index (χ0) is 46.3. The molecule has 0 bridgehead atoms. The first-order chi connectivity index (χ1) is 30.6. The number of aliphatic hydroxyl groups excluding tert-OH is 1. The molecule has 0 radical (unpaired) electrons. The van der Waals surface area contributed by atoms with Crippen molar-refractivity contribution in [2.75, 3.05) is 19.8 Å². The summed E-state index contributed by atoms with van der Waals surface area (Å²) in [5.74, 6) is -2.44. The Morgan fingerprint density at radius 3 is 1.33 bits per heavy atom. The first-order valence-corrected chi connectivity index (χ1v) is 26.7. The predicted molar refractivity (Wildman–Crippen MR) is 259 cm³/mol. The molecule has 0 aliphatic carbocycles. The van der Waals surface area contributed by atoms with Crippen LogP contribution in [-0.2, 0) is 32.7 Å². The summed E-state index contributed by atoms with van der Waals surface area (Å²) < 4.78 is 26.9. The number of hydrogen-bond acceptors (Lipinski definition) is 8. The van der Waals surface area contributed by atoms with E-state index in [1.165, 1.54) is 135 Å². The lowest BCUT2D eigenvalue weighted by Gasteiger charge is -2.18. The molecule has 11 nitrogen and oxygen atoms in total. The Bertz CT molecular complexity index is 1250. The molecule has 63 heavy (non-hydrogen) atoms. The zero-order valence-corrected chi connectivity index (χ0v) is 40.8. The molecule has 0 saturated heterocycles. The molecule has 0 aromatic heterocycles. The second kappa shape index (κ2) is 46.0. The van der Waals surface area contributed by atoms with Gasteiger partial charge < -0.3 is 25.2 Å². The fourth-order valence-corrected chi connectivity index (χ4v) is 7.73. The van der Waals surface area contributed by atoms with Crippen molar-refractivity contribution in [3.8, 4) is 0 Å². The maximum atomic E-state index is 12.3. The Balaban J connectivity index is 3.86. The number of aliphatic hydroxyl groups is 1. The Morgan fingerprint density at radius 2 is 0.889 bits per heavy atom. The first-order valence-electron chi connectivity index (χ1n) is 25.2. The van der Waals surface area contributed by atoms with Gasteiger partial charge in [-0.25, -0.2) is 9.36 Å². The van der Waals surface area contributed by atoms with Gasteiger partial charge in [0.05, 0.1) is 13.2 Å². The standard InChI is InChI=1S/C51H92NO10P/c1-3-5-7-9-11-13-15-17-19-21-22-23-24-25-27-29-31-33-35-37-39-41-43-50(55)60-44-47(53)45-61-63(58,59)62-46-48(51(56)57)52-49(54)42-40-38-36-34-32-30-28-26-20-18-16-14-12-10-8-6-4-2/h12,14,18,20,28,30,34,36,47-48,53H,3-11,13,15-17,19,21-27,29,31-33,35,37-46H2,1-2H3,(H,52,54)(H,56,57)(H,58,59)/b14-12-,20-18-,30-28-,36-34-. The number of amides is 1. The quantitative estimate of drug-likeness (QED) is 0.0200. The van der Waals surface area contributed by atoms with E-state index in [1.54, 1.807) is 0 Å². The van der Waals surface area contributed by atoms with Crippen LogP contribution in [0.25, 0.3) is 0 Å². The number of carboxylic acid groups (broad SMARTS) is 1. The minimum absolute atomic E-state index is 0.0691. The fourth-order valence-electron chi connectivity index (χ4n) is 6.96. The number of carbonyl (C=O) groups excluding carboxylic acids is 2. The summed E-state index contributed by atoms with van der Waals surface area (Å²) in [5, 5.41) is 21.9. The van der Waals surface area contributed by atoms with Crippen molar-refractivity contribution >= 4 is 25.7 Å². The average Bonchev–Trinajstić information content (AvgIpc) is 3.26. The third-order valence-corrected chi connectivity index (χ3v) is 11.8. The van der Waals surface area contributed by atoms with Crippen molar-refractivity contribution in [3.05, 3.63) is 48.6 Å². The summed E-state index contributed by atoms with van der Waals surface area (Å²) >= 11 is 0. The third kappa shape index (κ3) is 45.8. The minimum atomic E-state index is -4.77. The number of phosphoric acid groups is 1. The Labute approximate surface area is 384 Å².